The van der Waals surface area contributed by atoms with E-state index in [2.05, 4.69) is 17.2 Å². The Kier molecular flexibility index (Phi) is 5.19. The number of carboxylic acids is 1. The Hall–Kier alpha value is -2.44. The lowest BCUT2D eigenvalue weighted by molar-refractivity contribution is 0.0692. The van der Waals surface area contributed by atoms with Gasteiger partial charge in [0, 0.05) is 12.1 Å². The van der Waals surface area contributed by atoms with E-state index in [4.69, 9.17) is 5.11 Å². The second-order valence-electron chi connectivity index (χ2n) is 4.14. The smallest absolute Gasteiger partial charge is 0.338 e. The van der Waals surface area contributed by atoms with Crippen LogP contribution in [0.3, 0.4) is 0 Å². The maximum atomic E-state index is 13.4. The molecule has 1 aromatic rings. The van der Waals surface area contributed by atoms with Gasteiger partial charge in [-0.1, -0.05) is 6.08 Å². The lowest BCUT2D eigenvalue weighted by Gasteiger charge is -2.13. The number of aromatic carboxylic acids is 1. The number of carbonyl (C=O) groups excluding carboxylic acids is 1. The van der Waals surface area contributed by atoms with Crippen molar-refractivity contribution in [1.82, 2.24) is 5.32 Å². The van der Waals surface area contributed by atoms with E-state index < -0.39 is 34.9 Å². The molecule has 0 radical (unpaired) electrons. The second kappa shape index (κ2) is 6.65. The van der Waals surface area contributed by atoms with Gasteiger partial charge in [0.2, 0.25) is 0 Å². The van der Waals surface area contributed by atoms with Crippen LogP contribution >= 0.6 is 0 Å². The number of halogens is 2. The Morgan fingerprint density at radius 1 is 1.40 bits per heavy atom. The molecule has 0 heterocycles. The summed E-state index contributed by atoms with van der Waals surface area (Å²) in [5, 5.41) is 13.4. The first-order valence-electron chi connectivity index (χ1n) is 5.76. The number of hydrogen-bond acceptors (Lipinski definition) is 2. The zero-order chi connectivity index (χ0) is 15.3. The average molecular weight is 284 g/mol. The molecule has 1 atom stereocenters. The molecule has 0 saturated carbocycles. The molecular formula is C13H14F2N2O3. The lowest BCUT2D eigenvalue weighted by Crippen LogP contribution is -2.36. The van der Waals surface area contributed by atoms with Gasteiger partial charge in [0.25, 0.3) is 0 Å². The van der Waals surface area contributed by atoms with E-state index in [0.29, 0.717) is 12.5 Å². The molecule has 0 aromatic heterocycles. The van der Waals surface area contributed by atoms with Crippen LogP contribution in [0, 0.1) is 11.6 Å². The molecule has 1 aromatic carbocycles. The summed E-state index contributed by atoms with van der Waals surface area (Å²) in [5.74, 6) is -3.81. The van der Waals surface area contributed by atoms with Crippen molar-refractivity contribution in [2.24, 2.45) is 0 Å². The first kappa shape index (κ1) is 15.6. The Morgan fingerprint density at radius 2 is 2.05 bits per heavy atom. The fraction of sp³-hybridized carbons (Fsp3) is 0.231. The molecule has 7 heteroatoms. The SMILES string of the molecule is C=CCC(C)NC(=O)Nc1cc(C(=O)O)c(F)cc1F. The van der Waals surface area contributed by atoms with Crippen LogP contribution in [0.5, 0.6) is 0 Å². The van der Waals surface area contributed by atoms with Crippen LogP contribution in [-0.4, -0.2) is 23.1 Å². The van der Waals surface area contributed by atoms with Crippen LogP contribution in [0.15, 0.2) is 24.8 Å². The quantitative estimate of drug-likeness (QED) is 0.727. The molecule has 1 rings (SSSR count). The average Bonchev–Trinajstić information content (AvgIpc) is 2.32. The van der Waals surface area contributed by atoms with E-state index >= 15 is 0 Å². The minimum absolute atomic E-state index is 0.227. The molecule has 1 unspecified atom stereocenters. The minimum Gasteiger partial charge on any atom is -0.478 e. The number of urea groups is 1. The first-order valence-corrected chi connectivity index (χ1v) is 5.76. The van der Waals surface area contributed by atoms with Gasteiger partial charge in [0.05, 0.1) is 11.3 Å². The molecule has 0 aliphatic carbocycles. The third kappa shape index (κ3) is 4.04. The predicted molar refractivity (Wildman–Crippen MR) is 69.7 cm³/mol. The standard InChI is InChI=1S/C13H14F2N2O3/c1-3-4-7(2)16-13(20)17-11-5-8(12(18)19)9(14)6-10(11)15/h3,5-7H,1,4H2,2H3,(H,18,19)(H2,16,17,20). The molecule has 0 fully saturated rings. The van der Waals surface area contributed by atoms with E-state index in [1.807, 2.05) is 0 Å². The van der Waals surface area contributed by atoms with Gasteiger partial charge in [-0.25, -0.2) is 18.4 Å². The minimum atomic E-state index is -1.55. The summed E-state index contributed by atoms with van der Waals surface area (Å²) in [6.07, 6.45) is 2.12. The summed E-state index contributed by atoms with van der Waals surface area (Å²) in [6.45, 7) is 5.22. The number of rotatable bonds is 5. The summed E-state index contributed by atoms with van der Waals surface area (Å²) in [7, 11) is 0. The van der Waals surface area contributed by atoms with Gasteiger partial charge < -0.3 is 15.7 Å². The highest BCUT2D eigenvalue weighted by atomic mass is 19.1. The highest BCUT2D eigenvalue weighted by Gasteiger charge is 2.17. The van der Waals surface area contributed by atoms with Crippen molar-refractivity contribution in [3.8, 4) is 0 Å². The van der Waals surface area contributed by atoms with Gasteiger partial charge in [0.15, 0.2) is 0 Å². The monoisotopic (exact) mass is 284 g/mol. The van der Waals surface area contributed by atoms with Crippen molar-refractivity contribution in [1.29, 1.82) is 0 Å². The van der Waals surface area contributed by atoms with E-state index in [-0.39, 0.29) is 6.04 Å². The lowest BCUT2D eigenvalue weighted by atomic mass is 10.2. The number of benzene rings is 1. The Labute approximate surface area is 114 Å². The van der Waals surface area contributed by atoms with Crippen LogP contribution in [0.25, 0.3) is 0 Å². The van der Waals surface area contributed by atoms with Crippen LogP contribution in [-0.2, 0) is 0 Å². The van der Waals surface area contributed by atoms with Crippen LogP contribution < -0.4 is 10.6 Å². The molecule has 2 amide bonds. The van der Waals surface area contributed by atoms with Crippen molar-refractivity contribution in [3.63, 3.8) is 0 Å². The highest BCUT2D eigenvalue weighted by molar-refractivity contribution is 5.93. The normalized spacial score (nSPS) is 11.6. The topological polar surface area (TPSA) is 78.4 Å². The highest BCUT2D eigenvalue weighted by Crippen LogP contribution is 2.19. The molecule has 108 valence electrons. The predicted octanol–water partition coefficient (Wildman–Crippen LogP) is 2.75. The van der Waals surface area contributed by atoms with Crippen molar-refractivity contribution < 1.29 is 23.5 Å². The first-order chi connectivity index (χ1) is 9.35. The van der Waals surface area contributed by atoms with Crippen LogP contribution in [0.4, 0.5) is 19.3 Å². The number of nitrogens with one attached hydrogen (secondary N) is 2. The maximum Gasteiger partial charge on any atom is 0.338 e. The molecule has 0 saturated heterocycles. The Balaban J connectivity index is 2.87. The van der Waals surface area contributed by atoms with E-state index in [9.17, 15) is 18.4 Å². The molecule has 3 N–H and O–H groups in total. The van der Waals surface area contributed by atoms with E-state index in [0.717, 1.165) is 6.07 Å². The van der Waals surface area contributed by atoms with Crippen LogP contribution in [0.1, 0.15) is 23.7 Å². The van der Waals surface area contributed by atoms with Gasteiger partial charge in [-0.2, -0.15) is 0 Å². The molecule has 0 bridgehead atoms. The second-order valence-corrected chi connectivity index (χ2v) is 4.14. The number of carboxylic acid groups (broad SMARTS) is 1. The fourth-order valence-corrected chi connectivity index (χ4v) is 1.50. The number of carbonyl (C=O) groups is 2. The number of hydrogen-bond donors (Lipinski definition) is 3. The molecular weight excluding hydrogens is 270 g/mol. The molecule has 20 heavy (non-hydrogen) atoms. The third-order valence-corrected chi connectivity index (χ3v) is 2.43. The number of anilines is 1. The summed E-state index contributed by atoms with van der Waals surface area (Å²) < 4.78 is 26.6. The number of amides is 2. The summed E-state index contributed by atoms with van der Waals surface area (Å²) in [4.78, 5) is 22.3. The molecule has 5 nitrogen and oxygen atoms in total. The zero-order valence-electron chi connectivity index (χ0n) is 10.7. The van der Waals surface area contributed by atoms with E-state index in [1.54, 1.807) is 13.0 Å². The van der Waals surface area contributed by atoms with Gasteiger partial charge in [0.1, 0.15) is 11.6 Å². The van der Waals surface area contributed by atoms with E-state index in [1.165, 1.54) is 0 Å². The molecule has 0 spiro atoms. The maximum absolute atomic E-state index is 13.4. The zero-order valence-corrected chi connectivity index (χ0v) is 10.7. The molecule has 0 aliphatic heterocycles. The van der Waals surface area contributed by atoms with Gasteiger partial charge in [-0.05, 0) is 19.4 Å². The summed E-state index contributed by atoms with van der Waals surface area (Å²) >= 11 is 0. The summed E-state index contributed by atoms with van der Waals surface area (Å²) in [6, 6.07) is 0.188. The van der Waals surface area contributed by atoms with Crippen molar-refractivity contribution in [2.75, 3.05) is 5.32 Å². The van der Waals surface area contributed by atoms with Gasteiger partial charge >= 0.3 is 12.0 Å². The van der Waals surface area contributed by atoms with Gasteiger partial charge in [-0.15, -0.1) is 6.58 Å². The fourth-order valence-electron chi connectivity index (χ4n) is 1.50. The Morgan fingerprint density at radius 3 is 2.60 bits per heavy atom. The van der Waals surface area contributed by atoms with Crippen molar-refractivity contribution >= 4 is 17.7 Å². The Bertz CT molecular complexity index is 547. The largest absolute Gasteiger partial charge is 0.478 e. The van der Waals surface area contributed by atoms with Crippen molar-refractivity contribution in [3.05, 3.63) is 42.0 Å². The van der Waals surface area contributed by atoms with Crippen molar-refractivity contribution in [2.45, 2.75) is 19.4 Å². The molecule has 0 aliphatic rings. The third-order valence-electron chi connectivity index (χ3n) is 2.43. The summed E-state index contributed by atoms with van der Waals surface area (Å²) in [5.41, 5.74) is -1.13. The van der Waals surface area contributed by atoms with Crippen LogP contribution in [0.2, 0.25) is 0 Å². The van der Waals surface area contributed by atoms with Gasteiger partial charge in [-0.3, -0.25) is 0 Å².